The molecule has 2 rings (SSSR count). The summed E-state index contributed by atoms with van der Waals surface area (Å²) in [6, 6.07) is 5.25. The van der Waals surface area contributed by atoms with Gasteiger partial charge in [-0.25, -0.2) is 0 Å². The van der Waals surface area contributed by atoms with Crippen molar-refractivity contribution in [2.24, 2.45) is 0 Å². The van der Waals surface area contributed by atoms with Crippen molar-refractivity contribution < 1.29 is 19.1 Å². The van der Waals surface area contributed by atoms with Gasteiger partial charge in [-0.1, -0.05) is 6.07 Å². The maximum atomic E-state index is 12.3. The lowest BCUT2D eigenvalue weighted by Crippen LogP contribution is -2.37. The number of hydrogen-bond donors (Lipinski definition) is 1. The lowest BCUT2D eigenvalue weighted by Gasteiger charge is -2.22. The fourth-order valence-electron chi connectivity index (χ4n) is 2.41. The molecule has 108 valence electrons. The minimum absolute atomic E-state index is 0.0520. The Balaban J connectivity index is 2.11. The van der Waals surface area contributed by atoms with E-state index in [-0.39, 0.29) is 17.7 Å². The van der Waals surface area contributed by atoms with Gasteiger partial charge in [0, 0.05) is 18.9 Å². The second-order valence-electron chi connectivity index (χ2n) is 4.83. The van der Waals surface area contributed by atoms with Crippen molar-refractivity contribution in [2.45, 2.75) is 31.7 Å². The molecule has 0 bridgehead atoms. The first-order valence-corrected chi connectivity index (χ1v) is 6.69. The quantitative estimate of drug-likeness (QED) is 0.913. The molecule has 0 heterocycles. The maximum Gasteiger partial charge on any atom is 0.255 e. The molecule has 0 atom stereocenters. The SMILES string of the molecule is COc1cccc(C(=O)NC2CCC(=O)CC2)c1OC. The van der Waals surface area contributed by atoms with Gasteiger partial charge in [-0.05, 0) is 25.0 Å². The van der Waals surface area contributed by atoms with Crippen LogP contribution in [-0.2, 0) is 4.79 Å². The number of para-hydroxylation sites is 1. The summed E-state index contributed by atoms with van der Waals surface area (Å²) in [5.41, 5.74) is 0.448. The third-order valence-electron chi connectivity index (χ3n) is 3.53. The Morgan fingerprint density at radius 2 is 1.90 bits per heavy atom. The van der Waals surface area contributed by atoms with Crippen LogP contribution in [0.25, 0.3) is 0 Å². The molecule has 1 aliphatic carbocycles. The average molecular weight is 277 g/mol. The monoisotopic (exact) mass is 277 g/mol. The van der Waals surface area contributed by atoms with Crippen molar-refractivity contribution in [2.75, 3.05) is 14.2 Å². The summed E-state index contributed by atoms with van der Waals surface area (Å²) in [7, 11) is 3.04. The van der Waals surface area contributed by atoms with Gasteiger partial charge in [-0.2, -0.15) is 0 Å². The Labute approximate surface area is 118 Å². The highest BCUT2D eigenvalue weighted by atomic mass is 16.5. The van der Waals surface area contributed by atoms with Crippen molar-refractivity contribution in [1.82, 2.24) is 5.32 Å². The number of nitrogens with one attached hydrogen (secondary N) is 1. The molecule has 1 N–H and O–H groups in total. The third-order valence-corrected chi connectivity index (χ3v) is 3.53. The minimum atomic E-state index is -0.194. The Hall–Kier alpha value is -2.04. The average Bonchev–Trinajstić information content (AvgIpc) is 2.48. The number of Topliss-reactive ketones (excluding diaryl/α,β-unsaturated/α-hetero) is 1. The number of hydrogen-bond acceptors (Lipinski definition) is 4. The van der Waals surface area contributed by atoms with Crippen LogP contribution in [0, 0.1) is 0 Å². The van der Waals surface area contributed by atoms with E-state index in [9.17, 15) is 9.59 Å². The molecule has 5 nitrogen and oxygen atoms in total. The Morgan fingerprint density at radius 3 is 2.50 bits per heavy atom. The summed E-state index contributed by atoms with van der Waals surface area (Å²) in [5, 5.41) is 2.96. The molecule has 0 radical (unpaired) electrons. The van der Waals surface area contributed by atoms with E-state index in [2.05, 4.69) is 5.32 Å². The molecule has 0 unspecified atom stereocenters. The van der Waals surface area contributed by atoms with Gasteiger partial charge in [-0.15, -0.1) is 0 Å². The zero-order chi connectivity index (χ0) is 14.5. The van der Waals surface area contributed by atoms with Crippen molar-refractivity contribution >= 4 is 11.7 Å². The van der Waals surface area contributed by atoms with E-state index in [1.54, 1.807) is 18.2 Å². The Bertz CT molecular complexity index is 503. The first kappa shape index (κ1) is 14.4. The van der Waals surface area contributed by atoms with E-state index in [1.165, 1.54) is 14.2 Å². The van der Waals surface area contributed by atoms with Gasteiger partial charge in [0.2, 0.25) is 0 Å². The Morgan fingerprint density at radius 1 is 1.20 bits per heavy atom. The van der Waals surface area contributed by atoms with Crippen LogP contribution in [0.4, 0.5) is 0 Å². The molecule has 5 heteroatoms. The highest BCUT2D eigenvalue weighted by Crippen LogP contribution is 2.30. The van der Waals surface area contributed by atoms with Gasteiger partial charge in [0.1, 0.15) is 5.78 Å². The van der Waals surface area contributed by atoms with Crippen LogP contribution >= 0.6 is 0 Å². The van der Waals surface area contributed by atoms with Crippen LogP contribution in [0.15, 0.2) is 18.2 Å². The molecule has 20 heavy (non-hydrogen) atoms. The van der Waals surface area contributed by atoms with Crippen molar-refractivity contribution in [3.8, 4) is 11.5 Å². The highest BCUT2D eigenvalue weighted by Gasteiger charge is 2.23. The molecule has 1 aliphatic rings. The second-order valence-corrected chi connectivity index (χ2v) is 4.83. The number of benzene rings is 1. The molecule has 1 aromatic carbocycles. The van der Waals surface area contributed by atoms with Gasteiger partial charge in [0.05, 0.1) is 19.8 Å². The van der Waals surface area contributed by atoms with E-state index in [0.29, 0.717) is 42.7 Å². The molecule has 0 spiro atoms. The predicted molar refractivity (Wildman–Crippen MR) is 74.3 cm³/mol. The predicted octanol–water partition coefficient (Wildman–Crippen LogP) is 1.95. The smallest absolute Gasteiger partial charge is 0.255 e. The molecular formula is C15H19NO4. The van der Waals surface area contributed by atoms with Gasteiger partial charge < -0.3 is 14.8 Å². The van der Waals surface area contributed by atoms with Gasteiger partial charge in [-0.3, -0.25) is 9.59 Å². The summed E-state index contributed by atoms with van der Waals surface area (Å²) in [4.78, 5) is 23.5. The minimum Gasteiger partial charge on any atom is -0.493 e. The summed E-state index contributed by atoms with van der Waals surface area (Å²) in [6.07, 6.45) is 2.49. The van der Waals surface area contributed by atoms with Crippen LogP contribution in [0.3, 0.4) is 0 Å². The summed E-state index contributed by atoms with van der Waals surface area (Å²) < 4.78 is 10.4. The lowest BCUT2D eigenvalue weighted by atomic mass is 9.94. The number of rotatable bonds is 4. The van der Waals surface area contributed by atoms with E-state index < -0.39 is 0 Å². The highest BCUT2D eigenvalue weighted by molar-refractivity contribution is 5.98. The fraction of sp³-hybridized carbons (Fsp3) is 0.467. The van der Waals surface area contributed by atoms with E-state index in [4.69, 9.17) is 9.47 Å². The molecule has 0 saturated heterocycles. The van der Waals surface area contributed by atoms with Crippen LogP contribution in [0.1, 0.15) is 36.0 Å². The van der Waals surface area contributed by atoms with Gasteiger partial charge in [0.15, 0.2) is 11.5 Å². The molecular weight excluding hydrogens is 258 g/mol. The molecule has 0 aliphatic heterocycles. The largest absolute Gasteiger partial charge is 0.493 e. The summed E-state index contributed by atoms with van der Waals surface area (Å²) in [6.45, 7) is 0. The first-order valence-electron chi connectivity index (χ1n) is 6.69. The Kier molecular flexibility index (Phi) is 4.61. The fourth-order valence-corrected chi connectivity index (χ4v) is 2.41. The summed E-state index contributed by atoms with van der Waals surface area (Å²) >= 11 is 0. The second kappa shape index (κ2) is 6.41. The zero-order valence-electron chi connectivity index (χ0n) is 11.8. The van der Waals surface area contributed by atoms with E-state index in [1.807, 2.05) is 0 Å². The zero-order valence-corrected chi connectivity index (χ0v) is 11.8. The normalized spacial score (nSPS) is 15.8. The number of ketones is 1. The van der Waals surface area contributed by atoms with Crippen LogP contribution < -0.4 is 14.8 Å². The number of carbonyl (C=O) groups is 2. The first-order chi connectivity index (χ1) is 9.65. The standard InChI is InChI=1S/C15H19NO4/c1-19-13-5-3-4-12(14(13)20-2)15(18)16-10-6-8-11(17)9-7-10/h3-5,10H,6-9H2,1-2H3,(H,16,18). The van der Waals surface area contributed by atoms with Crippen molar-refractivity contribution in [3.05, 3.63) is 23.8 Å². The van der Waals surface area contributed by atoms with Gasteiger partial charge in [0.25, 0.3) is 5.91 Å². The van der Waals surface area contributed by atoms with Gasteiger partial charge >= 0.3 is 0 Å². The number of ether oxygens (including phenoxy) is 2. The topological polar surface area (TPSA) is 64.6 Å². The number of methoxy groups -OCH3 is 2. The maximum absolute atomic E-state index is 12.3. The van der Waals surface area contributed by atoms with Crippen molar-refractivity contribution in [1.29, 1.82) is 0 Å². The lowest BCUT2D eigenvalue weighted by molar-refractivity contribution is -0.120. The van der Waals surface area contributed by atoms with Crippen molar-refractivity contribution in [3.63, 3.8) is 0 Å². The molecule has 1 amide bonds. The van der Waals surface area contributed by atoms with Crippen LogP contribution in [-0.4, -0.2) is 32.0 Å². The molecule has 1 aromatic rings. The van der Waals surface area contributed by atoms with E-state index >= 15 is 0 Å². The third kappa shape index (κ3) is 3.10. The molecule has 1 fully saturated rings. The van der Waals surface area contributed by atoms with Crippen LogP contribution in [0.5, 0.6) is 11.5 Å². The molecule has 0 aromatic heterocycles. The van der Waals surface area contributed by atoms with E-state index in [0.717, 1.165) is 0 Å². The number of carbonyl (C=O) groups excluding carboxylic acids is 2. The number of amides is 1. The van der Waals surface area contributed by atoms with Crippen LogP contribution in [0.2, 0.25) is 0 Å². The molecule has 1 saturated carbocycles. The summed E-state index contributed by atoms with van der Waals surface area (Å²) in [5.74, 6) is 1.04.